The van der Waals surface area contributed by atoms with Crippen LogP contribution in [-0.2, 0) is 0 Å². The lowest BCUT2D eigenvalue weighted by molar-refractivity contribution is 0.364. The molecule has 3 atom stereocenters. The first-order valence-electron chi connectivity index (χ1n) is 4.46. The van der Waals surface area contributed by atoms with Crippen LogP contribution in [0.4, 0.5) is 0 Å². The molecule has 1 fully saturated rings. The molecule has 1 aliphatic rings. The summed E-state index contributed by atoms with van der Waals surface area (Å²) in [4.78, 5) is 0. The summed E-state index contributed by atoms with van der Waals surface area (Å²) in [5.74, 6) is 1.84. The zero-order valence-corrected chi connectivity index (χ0v) is 7.35. The maximum Gasteiger partial charge on any atom is 0.0118 e. The molecule has 0 bridgehead atoms. The Morgan fingerprint density at radius 3 is 2.50 bits per heavy atom. The first kappa shape index (κ1) is 8.06. The topological polar surface area (TPSA) is 12.0 Å². The molecule has 1 saturated carbocycles. The van der Waals surface area contributed by atoms with Crippen molar-refractivity contribution in [3.8, 4) is 0 Å². The molecule has 0 heterocycles. The SMILES string of the molecule is CCC1CCC(C)C1NC. The number of hydrogen-bond donors (Lipinski definition) is 1. The van der Waals surface area contributed by atoms with E-state index in [9.17, 15) is 0 Å². The normalized spacial score (nSPS) is 40.5. The Labute approximate surface area is 64.2 Å². The quantitative estimate of drug-likeness (QED) is 0.620. The lowest BCUT2D eigenvalue weighted by atomic mass is 9.97. The highest BCUT2D eigenvalue weighted by atomic mass is 14.9. The third-order valence-electron chi connectivity index (χ3n) is 2.97. The lowest BCUT2D eigenvalue weighted by Gasteiger charge is -2.20. The van der Waals surface area contributed by atoms with Crippen LogP contribution in [0.25, 0.3) is 0 Å². The highest BCUT2D eigenvalue weighted by Crippen LogP contribution is 2.32. The molecule has 60 valence electrons. The fourth-order valence-electron chi connectivity index (χ4n) is 2.28. The zero-order valence-electron chi connectivity index (χ0n) is 7.35. The molecule has 1 nitrogen and oxygen atoms in total. The zero-order chi connectivity index (χ0) is 7.56. The van der Waals surface area contributed by atoms with Crippen LogP contribution in [0.15, 0.2) is 0 Å². The van der Waals surface area contributed by atoms with E-state index in [2.05, 4.69) is 26.2 Å². The second kappa shape index (κ2) is 3.38. The van der Waals surface area contributed by atoms with Crippen molar-refractivity contribution in [1.29, 1.82) is 0 Å². The number of hydrogen-bond acceptors (Lipinski definition) is 1. The van der Waals surface area contributed by atoms with E-state index in [4.69, 9.17) is 0 Å². The molecule has 1 N–H and O–H groups in total. The van der Waals surface area contributed by atoms with Gasteiger partial charge in [0.25, 0.3) is 0 Å². The van der Waals surface area contributed by atoms with Gasteiger partial charge in [0.2, 0.25) is 0 Å². The number of rotatable bonds is 2. The van der Waals surface area contributed by atoms with Gasteiger partial charge in [0.15, 0.2) is 0 Å². The molecular formula is C9H19N. The Bertz CT molecular complexity index is 101. The molecule has 10 heavy (non-hydrogen) atoms. The van der Waals surface area contributed by atoms with Crippen molar-refractivity contribution in [2.45, 2.75) is 39.2 Å². The summed E-state index contributed by atoms with van der Waals surface area (Å²) in [6.07, 6.45) is 4.20. The van der Waals surface area contributed by atoms with Gasteiger partial charge in [-0.1, -0.05) is 20.3 Å². The smallest absolute Gasteiger partial charge is 0.0118 e. The van der Waals surface area contributed by atoms with Crippen LogP contribution in [0.2, 0.25) is 0 Å². The standard InChI is InChI=1S/C9H19N/c1-4-8-6-5-7(2)9(8)10-3/h7-10H,4-6H2,1-3H3. The fourth-order valence-corrected chi connectivity index (χ4v) is 2.28. The summed E-state index contributed by atoms with van der Waals surface area (Å²) < 4.78 is 0. The fraction of sp³-hybridized carbons (Fsp3) is 1.00. The van der Waals surface area contributed by atoms with Gasteiger partial charge in [-0.2, -0.15) is 0 Å². The van der Waals surface area contributed by atoms with Gasteiger partial charge in [0.1, 0.15) is 0 Å². The van der Waals surface area contributed by atoms with Crippen molar-refractivity contribution in [2.75, 3.05) is 7.05 Å². The van der Waals surface area contributed by atoms with Crippen molar-refractivity contribution >= 4 is 0 Å². The minimum absolute atomic E-state index is 0.796. The van der Waals surface area contributed by atoms with E-state index in [-0.39, 0.29) is 0 Å². The Hall–Kier alpha value is -0.0400. The summed E-state index contributed by atoms with van der Waals surface area (Å²) in [5.41, 5.74) is 0. The van der Waals surface area contributed by atoms with Crippen LogP contribution in [0, 0.1) is 11.8 Å². The average Bonchev–Trinajstić information content (AvgIpc) is 2.30. The molecule has 1 aliphatic carbocycles. The summed E-state index contributed by atoms with van der Waals surface area (Å²) in [7, 11) is 2.09. The first-order valence-corrected chi connectivity index (χ1v) is 4.46. The van der Waals surface area contributed by atoms with Crippen molar-refractivity contribution < 1.29 is 0 Å². The Balaban J connectivity index is 2.45. The molecule has 0 aromatic rings. The molecule has 0 aromatic carbocycles. The van der Waals surface area contributed by atoms with Gasteiger partial charge in [-0.3, -0.25) is 0 Å². The van der Waals surface area contributed by atoms with Crippen LogP contribution >= 0.6 is 0 Å². The second-order valence-electron chi connectivity index (χ2n) is 3.54. The van der Waals surface area contributed by atoms with Crippen molar-refractivity contribution in [1.82, 2.24) is 5.32 Å². The first-order chi connectivity index (χ1) is 4.79. The molecule has 1 heteroatoms. The molecule has 0 amide bonds. The van der Waals surface area contributed by atoms with Gasteiger partial charge in [-0.25, -0.2) is 0 Å². The van der Waals surface area contributed by atoms with E-state index in [1.54, 1.807) is 0 Å². The van der Waals surface area contributed by atoms with Gasteiger partial charge >= 0.3 is 0 Å². The molecule has 1 rings (SSSR count). The summed E-state index contributed by atoms with van der Waals surface area (Å²) >= 11 is 0. The minimum Gasteiger partial charge on any atom is -0.316 e. The average molecular weight is 141 g/mol. The molecule has 0 aliphatic heterocycles. The molecule has 0 radical (unpaired) electrons. The predicted molar refractivity (Wildman–Crippen MR) is 45.0 cm³/mol. The summed E-state index contributed by atoms with van der Waals surface area (Å²) in [6.45, 7) is 4.66. The molecule has 0 saturated heterocycles. The van der Waals surface area contributed by atoms with E-state index in [1.807, 2.05) is 0 Å². The van der Waals surface area contributed by atoms with Crippen molar-refractivity contribution in [3.63, 3.8) is 0 Å². The minimum atomic E-state index is 0.796. The molecular weight excluding hydrogens is 122 g/mol. The van der Waals surface area contributed by atoms with E-state index >= 15 is 0 Å². The molecule has 3 unspecified atom stereocenters. The third-order valence-corrected chi connectivity index (χ3v) is 2.97. The van der Waals surface area contributed by atoms with E-state index in [1.165, 1.54) is 19.3 Å². The Morgan fingerprint density at radius 2 is 2.10 bits per heavy atom. The monoisotopic (exact) mass is 141 g/mol. The molecule has 0 spiro atoms. The summed E-state index contributed by atoms with van der Waals surface area (Å²) in [5, 5.41) is 3.41. The summed E-state index contributed by atoms with van der Waals surface area (Å²) in [6, 6.07) is 0.796. The van der Waals surface area contributed by atoms with E-state index in [0.717, 1.165) is 17.9 Å². The lowest BCUT2D eigenvalue weighted by Crippen LogP contribution is -2.33. The van der Waals surface area contributed by atoms with E-state index < -0.39 is 0 Å². The van der Waals surface area contributed by atoms with Crippen LogP contribution in [0.3, 0.4) is 0 Å². The van der Waals surface area contributed by atoms with Crippen LogP contribution in [-0.4, -0.2) is 13.1 Å². The largest absolute Gasteiger partial charge is 0.316 e. The number of nitrogens with one attached hydrogen (secondary N) is 1. The Morgan fingerprint density at radius 1 is 1.40 bits per heavy atom. The predicted octanol–water partition coefficient (Wildman–Crippen LogP) is 2.03. The highest BCUT2D eigenvalue weighted by Gasteiger charge is 2.30. The maximum atomic E-state index is 3.41. The van der Waals surface area contributed by atoms with Crippen LogP contribution in [0.1, 0.15) is 33.1 Å². The van der Waals surface area contributed by atoms with Crippen LogP contribution < -0.4 is 5.32 Å². The third kappa shape index (κ3) is 1.34. The van der Waals surface area contributed by atoms with Crippen molar-refractivity contribution in [2.24, 2.45) is 11.8 Å². The van der Waals surface area contributed by atoms with Gasteiger partial charge in [-0.05, 0) is 31.7 Å². The molecule has 0 aromatic heterocycles. The van der Waals surface area contributed by atoms with Crippen molar-refractivity contribution in [3.05, 3.63) is 0 Å². The van der Waals surface area contributed by atoms with Gasteiger partial charge in [-0.15, -0.1) is 0 Å². The van der Waals surface area contributed by atoms with Gasteiger partial charge in [0.05, 0.1) is 0 Å². The van der Waals surface area contributed by atoms with Gasteiger partial charge < -0.3 is 5.32 Å². The van der Waals surface area contributed by atoms with Gasteiger partial charge in [0, 0.05) is 6.04 Å². The van der Waals surface area contributed by atoms with E-state index in [0.29, 0.717) is 0 Å². The maximum absolute atomic E-state index is 3.41. The highest BCUT2D eigenvalue weighted by molar-refractivity contribution is 4.86. The Kier molecular flexibility index (Phi) is 2.72. The second-order valence-corrected chi connectivity index (χ2v) is 3.54. The van der Waals surface area contributed by atoms with Crippen LogP contribution in [0.5, 0.6) is 0 Å².